The second kappa shape index (κ2) is 3.07. The summed E-state index contributed by atoms with van der Waals surface area (Å²) in [5.74, 6) is 1.50. The molecule has 0 N–H and O–H groups in total. The highest BCUT2D eigenvalue weighted by molar-refractivity contribution is 5.11. The van der Waals surface area contributed by atoms with Gasteiger partial charge < -0.3 is 9.47 Å². The Morgan fingerprint density at radius 2 is 2.29 bits per heavy atom. The van der Waals surface area contributed by atoms with Crippen molar-refractivity contribution in [3.05, 3.63) is 12.2 Å². The molecule has 0 aromatic rings. The van der Waals surface area contributed by atoms with Gasteiger partial charge in [0.05, 0.1) is 24.9 Å². The van der Waals surface area contributed by atoms with Crippen LogP contribution in [0.4, 0.5) is 0 Å². The summed E-state index contributed by atoms with van der Waals surface area (Å²) in [4.78, 5) is 0. The molecule has 3 aliphatic rings. The van der Waals surface area contributed by atoms with Crippen molar-refractivity contribution in [1.82, 2.24) is 0 Å². The van der Waals surface area contributed by atoms with Crippen LogP contribution in [0.1, 0.15) is 26.2 Å². The monoisotopic (exact) mass is 194 g/mol. The molecule has 1 aliphatic heterocycles. The zero-order chi connectivity index (χ0) is 9.60. The predicted octanol–water partition coefficient (Wildman–Crippen LogP) is 2.15. The largest absolute Gasteiger partial charge is 0.375 e. The molecule has 4 atom stereocenters. The van der Waals surface area contributed by atoms with E-state index < -0.39 is 0 Å². The molecular weight excluding hydrogens is 176 g/mol. The fourth-order valence-electron chi connectivity index (χ4n) is 2.77. The lowest BCUT2D eigenvalue weighted by molar-refractivity contribution is -0.180. The Balaban J connectivity index is 1.51. The summed E-state index contributed by atoms with van der Waals surface area (Å²) in [7, 11) is 0. The molecule has 0 amide bonds. The average molecular weight is 194 g/mol. The van der Waals surface area contributed by atoms with Crippen LogP contribution in [0.3, 0.4) is 0 Å². The van der Waals surface area contributed by atoms with Crippen LogP contribution in [-0.2, 0) is 9.47 Å². The molecule has 0 aromatic carbocycles. The van der Waals surface area contributed by atoms with Crippen LogP contribution in [0.5, 0.6) is 0 Å². The van der Waals surface area contributed by atoms with Crippen LogP contribution in [0, 0.1) is 11.8 Å². The Bertz CT molecular complexity index is 255. The molecule has 4 unspecified atom stereocenters. The zero-order valence-corrected chi connectivity index (χ0v) is 8.74. The molecule has 2 nitrogen and oxygen atoms in total. The van der Waals surface area contributed by atoms with Crippen molar-refractivity contribution in [3.8, 4) is 0 Å². The van der Waals surface area contributed by atoms with Crippen LogP contribution in [0.15, 0.2) is 12.2 Å². The summed E-state index contributed by atoms with van der Waals surface area (Å²) in [6, 6.07) is 0. The van der Waals surface area contributed by atoms with E-state index in [4.69, 9.17) is 9.47 Å². The summed E-state index contributed by atoms with van der Waals surface area (Å²) in [6.07, 6.45) is 8.88. The molecular formula is C12H18O2. The molecule has 1 saturated heterocycles. The van der Waals surface area contributed by atoms with Crippen LogP contribution in [0.25, 0.3) is 0 Å². The van der Waals surface area contributed by atoms with Gasteiger partial charge in [-0.05, 0) is 25.7 Å². The summed E-state index contributed by atoms with van der Waals surface area (Å²) in [5, 5.41) is 0. The Morgan fingerprint density at radius 1 is 1.43 bits per heavy atom. The maximum absolute atomic E-state index is 5.97. The van der Waals surface area contributed by atoms with Crippen molar-refractivity contribution < 1.29 is 9.47 Å². The SMILES string of the molecule is CC1(COC2CC3C=CC2C3)CCO1. The maximum atomic E-state index is 5.97. The first-order valence-corrected chi connectivity index (χ1v) is 5.69. The summed E-state index contributed by atoms with van der Waals surface area (Å²) in [6.45, 7) is 3.85. The van der Waals surface area contributed by atoms with Crippen molar-refractivity contribution in [1.29, 1.82) is 0 Å². The topological polar surface area (TPSA) is 18.5 Å². The molecule has 1 heterocycles. The van der Waals surface area contributed by atoms with Gasteiger partial charge in [-0.3, -0.25) is 0 Å². The van der Waals surface area contributed by atoms with Crippen molar-refractivity contribution in [3.63, 3.8) is 0 Å². The number of allylic oxidation sites excluding steroid dienone is 1. The van der Waals surface area contributed by atoms with Gasteiger partial charge in [0.25, 0.3) is 0 Å². The first kappa shape index (κ1) is 8.93. The first-order chi connectivity index (χ1) is 6.75. The summed E-state index contributed by atoms with van der Waals surface area (Å²) in [5.41, 5.74) is 0.0333. The Labute approximate surface area is 85.3 Å². The first-order valence-electron chi connectivity index (χ1n) is 5.69. The molecule has 0 aromatic heterocycles. The van der Waals surface area contributed by atoms with E-state index in [1.54, 1.807) is 0 Å². The van der Waals surface area contributed by atoms with Gasteiger partial charge >= 0.3 is 0 Å². The van der Waals surface area contributed by atoms with Gasteiger partial charge in [-0.15, -0.1) is 0 Å². The van der Waals surface area contributed by atoms with Gasteiger partial charge in [-0.2, -0.15) is 0 Å². The minimum atomic E-state index is 0.0333. The van der Waals surface area contributed by atoms with Gasteiger partial charge in [-0.1, -0.05) is 12.2 Å². The minimum Gasteiger partial charge on any atom is -0.375 e. The molecule has 3 rings (SSSR count). The van der Waals surface area contributed by atoms with E-state index in [-0.39, 0.29) is 5.60 Å². The number of hydrogen-bond acceptors (Lipinski definition) is 2. The molecule has 1 saturated carbocycles. The number of fused-ring (bicyclic) bond motifs is 2. The minimum absolute atomic E-state index is 0.0333. The number of rotatable bonds is 3. The van der Waals surface area contributed by atoms with Crippen LogP contribution in [0.2, 0.25) is 0 Å². The highest BCUT2D eigenvalue weighted by atomic mass is 16.6. The summed E-state index contributed by atoms with van der Waals surface area (Å²) < 4.78 is 11.5. The quantitative estimate of drug-likeness (QED) is 0.641. The van der Waals surface area contributed by atoms with E-state index in [1.165, 1.54) is 12.8 Å². The van der Waals surface area contributed by atoms with E-state index in [9.17, 15) is 0 Å². The average Bonchev–Trinajstić information content (AvgIpc) is 2.72. The third kappa shape index (κ3) is 1.41. The Hall–Kier alpha value is -0.340. The highest BCUT2D eigenvalue weighted by Gasteiger charge is 2.39. The molecule has 2 fully saturated rings. The van der Waals surface area contributed by atoms with Gasteiger partial charge in [0.15, 0.2) is 0 Å². The van der Waals surface area contributed by atoms with Gasteiger partial charge in [0.1, 0.15) is 0 Å². The lowest BCUT2D eigenvalue weighted by Gasteiger charge is -2.39. The predicted molar refractivity (Wildman–Crippen MR) is 54.1 cm³/mol. The molecule has 14 heavy (non-hydrogen) atoms. The smallest absolute Gasteiger partial charge is 0.0908 e. The molecule has 0 radical (unpaired) electrons. The van der Waals surface area contributed by atoms with Crippen molar-refractivity contribution in [2.75, 3.05) is 13.2 Å². The van der Waals surface area contributed by atoms with Gasteiger partial charge in [-0.25, -0.2) is 0 Å². The summed E-state index contributed by atoms with van der Waals surface area (Å²) >= 11 is 0. The third-order valence-corrected chi connectivity index (χ3v) is 3.90. The zero-order valence-electron chi connectivity index (χ0n) is 8.74. The van der Waals surface area contributed by atoms with Crippen molar-refractivity contribution in [2.45, 2.75) is 37.9 Å². The molecule has 2 bridgehead atoms. The Morgan fingerprint density at radius 3 is 2.79 bits per heavy atom. The fraction of sp³-hybridized carbons (Fsp3) is 0.833. The second-order valence-electron chi connectivity index (χ2n) is 5.18. The van der Waals surface area contributed by atoms with E-state index in [0.717, 1.165) is 25.6 Å². The molecule has 78 valence electrons. The van der Waals surface area contributed by atoms with Crippen molar-refractivity contribution >= 4 is 0 Å². The van der Waals surface area contributed by atoms with Crippen LogP contribution < -0.4 is 0 Å². The van der Waals surface area contributed by atoms with Crippen LogP contribution >= 0.6 is 0 Å². The number of ether oxygens (including phenoxy) is 2. The lowest BCUT2D eigenvalue weighted by atomic mass is 9.98. The standard InChI is InChI=1S/C12H18O2/c1-12(4-5-14-12)8-13-11-7-9-2-3-10(11)6-9/h2-3,9-11H,4-8H2,1H3. The van der Waals surface area contributed by atoms with Gasteiger partial charge in [0.2, 0.25) is 0 Å². The van der Waals surface area contributed by atoms with E-state index in [0.29, 0.717) is 12.0 Å². The molecule has 2 aliphatic carbocycles. The number of hydrogen-bond donors (Lipinski definition) is 0. The Kier molecular flexibility index (Phi) is 1.96. The van der Waals surface area contributed by atoms with Gasteiger partial charge in [0, 0.05) is 12.3 Å². The van der Waals surface area contributed by atoms with Crippen LogP contribution in [-0.4, -0.2) is 24.9 Å². The van der Waals surface area contributed by atoms with E-state index >= 15 is 0 Å². The fourth-order valence-corrected chi connectivity index (χ4v) is 2.77. The van der Waals surface area contributed by atoms with Crippen molar-refractivity contribution in [2.24, 2.45) is 11.8 Å². The normalized spacial score (nSPS) is 49.6. The van der Waals surface area contributed by atoms with E-state index in [2.05, 4.69) is 19.1 Å². The maximum Gasteiger partial charge on any atom is 0.0908 e. The second-order valence-corrected chi connectivity index (χ2v) is 5.18. The van der Waals surface area contributed by atoms with E-state index in [1.807, 2.05) is 0 Å². The molecule has 0 spiro atoms. The highest BCUT2D eigenvalue weighted by Crippen LogP contribution is 2.41. The third-order valence-electron chi connectivity index (χ3n) is 3.90. The lowest BCUT2D eigenvalue weighted by Crippen LogP contribution is -2.46. The molecule has 2 heteroatoms.